The third-order valence-corrected chi connectivity index (χ3v) is 4.49. The summed E-state index contributed by atoms with van der Waals surface area (Å²) >= 11 is 1.41. The highest BCUT2D eigenvalue weighted by molar-refractivity contribution is 7.99. The van der Waals surface area contributed by atoms with Crippen LogP contribution in [0.5, 0.6) is 0 Å². The lowest BCUT2D eigenvalue weighted by molar-refractivity contribution is -0.216. The second kappa shape index (κ2) is 6.86. The molecule has 5 nitrogen and oxygen atoms in total. The number of hydrogen-bond donors (Lipinski definition) is 1. The second-order valence-electron chi connectivity index (χ2n) is 5.90. The first-order valence-corrected chi connectivity index (χ1v) is 8.60. The van der Waals surface area contributed by atoms with Crippen molar-refractivity contribution in [3.05, 3.63) is 35.9 Å². The molecule has 0 radical (unpaired) electrons. The number of benzene rings is 1. The van der Waals surface area contributed by atoms with Crippen molar-refractivity contribution in [1.29, 1.82) is 0 Å². The third-order valence-electron chi connectivity index (χ3n) is 3.75. The van der Waals surface area contributed by atoms with Crippen LogP contribution in [0, 0.1) is 0 Å². The van der Waals surface area contributed by atoms with E-state index in [1.54, 1.807) is 0 Å². The fraction of sp³-hybridized carbons (Fsp3) is 0.625. The van der Waals surface area contributed by atoms with Gasteiger partial charge in [-0.2, -0.15) is 0 Å². The number of fused-ring (bicyclic) bond motifs is 1. The van der Waals surface area contributed by atoms with Gasteiger partial charge in [-0.15, -0.1) is 11.8 Å². The third kappa shape index (κ3) is 3.64. The van der Waals surface area contributed by atoms with Gasteiger partial charge in [0, 0.05) is 5.75 Å². The first kappa shape index (κ1) is 16.2. The van der Waals surface area contributed by atoms with Gasteiger partial charge in [-0.25, -0.2) is 0 Å². The normalized spacial score (nSPS) is 33.0. The maximum Gasteiger partial charge on any atom is 0.190 e. The molecule has 0 aromatic heterocycles. The van der Waals surface area contributed by atoms with Crippen LogP contribution in [0.1, 0.15) is 19.4 Å². The summed E-state index contributed by atoms with van der Waals surface area (Å²) in [5.41, 5.74) is 1.11. The average molecular weight is 326 g/mol. The molecule has 22 heavy (non-hydrogen) atoms. The molecular weight excluding hydrogens is 304 g/mol. The monoisotopic (exact) mass is 326 g/mol. The lowest BCUT2D eigenvalue weighted by atomic mass is 10.1. The molecule has 0 saturated carbocycles. The molecule has 0 spiro atoms. The fourth-order valence-corrected chi connectivity index (χ4v) is 3.42. The molecule has 0 bridgehead atoms. The smallest absolute Gasteiger partial charge is 0.190 e. The van der Waals surface area contributed by atoms with Crippen molar-refractivity contribution in [3.63, 3.8) is 0 Å². The molecule has 1 aromatic carbocycles. The SMILES string of the molecule is CC1(C)OC2OC(CSCO)[C@H](OCc3ccccc3)C2O1. The zero-order chi connectivity index (χ0) is 15.6. The van der Waals surface area contributed by atoms with Gasteiger partial charge in [0.1, 0.15) is 12.2 Å². The van der Waals surface area contributed by atoms with Gasteiger partial charge < -0.3 is 24.1 Å². The minimum absolute atomic E-state index is 0.0633. The molecule has 2 aliphatic rings. The van der Waals surface area contributed by atoms with Crippen LogP contribution in [-0.2, 0) is 25.6 Å². The highest BCUT2D eigenvalue weighted by Crippen LogP contribution is 2.39. The van der Waals surface area contributed by atoms with E-state index in [1.807, 2.05) is 44.2 Å². The fourth-order valence-electron chi connectivity index (χ4n) is 2.82. The second-order valence-corrected chi connectivity index (χ2v) is 6.90. The molecule has 1 N–H and O–H groups in total. The Hall–Kier alpha value is -0.630. The van der Waals surface area contributed by atoms with Crippen LogP contribution < -0.4 is 0 Å². The lowest BCUT2D eigenvalue weighted by Crippen LogP contribution is -2.38. The predicted molar refractivity (Wildman–Crippen MR) is 83.3 cm³/mol. The van der Waals surface area contributed by atoms with E-state index in [0.29, 0.717) is 12.4 Å². The number of ether oxygens (including phenoxy) is 4. The molecule has 1 aromatic rings. The lowest BCUT2D eigenvalue weighted by Gasteiger charge is -2.25. The van der Waals surface area contributed by atoms with Crippen molar-refractivity contribution >= 4 is 11.8 Å². The van der Waals surface area contributed by atoms with Crippen molar-refractivity contribution in [2.75, 3.05) is 11.7 Å². The number of aliphatic hydroxyl groups excluding tert-OH is 1. The van der Waals surface area contributed by atoms with Crippen LogP contribution in [0.25, 0.3) is 0 Å². The Morgan fingerprint density at radius 3 is 2.73 bits per heavy atom. The molecule has 3 rings (SSSR count). The minimum atomic E-state index is -0.654. The molecule has 2 heterocycles. The highest BCUT2D eigenvalue weighted by Gasteiger charge is 2.55. The van der Waals surface area contributed by atoms with E-state index < -0.39 is 12.1 Å². The van der Waals surface area contributed by atoms with Gasteiger partial charge in [-0.1, -0.05) is 30.3 Å². The zero-order valence-electron chi connectivity index (χ0n) is 12.8. The predicted octanol–water partition coefficient (Wildman–Crippen LogP) is 2.13. The summed E-state index contributed by atoms with van der Waals surface area (Å²) in [7, 11) is 0. The molecular formula is C16H22O5S. The van der Waals surface area contributed by atoms with Crippen molar-refractivity contribution in [3.8, 4) is 0 Å². The summed E-state index contributed by atoms with van der Waals surface area (Å²) < 4.78 is 23.7. The van der Waals surface area contributed by atoms with E-state index in [2.05, 4.69) is 0 Å². The van der Waals surface area contributed by atoms with E-state index in [1.165, 1.54) is 11.8 Å². The maximum atomic E-state index is 9.01. The molecule has 6 heteroatoms. The van der Waals surface area contributed by atoms with Gasteiger partial charge in [0.05, 0.1) is 18.6 Å². The summed E-state index contributed by atoms with van der Waals surface area (Å²) in [4.78, 5) is 0. The van der Waals surface area contributed by atoms with E-state index in [-0.39, 0.29) is 24.3 Å². The molecule has 0 aliphatic carbocycles. The van der Waals surface area contributed by atoms with Crippen LogP contribution in [0.4, 0.5) is 0 Å². The summed E-state index contributed by atoms with van der Waals surface area (Å²) in [5.74, 6) is 0.0582. The van der Waals surface area contributed by atoms with Crippen molar-refractivity contribution < 1.29 is 24.1 Å². The van der Waals surface area contributed by atoms with Gasteiger partial charge in [0.15, 0.2) is 12.1 Å². The van der Waals surface area contributed by atoms with E-state index in [0.717, 1.165) is 5.56 Å². The maximum absolute atomic E-state index is 9.01. The Bertz CT molecular complexity index is 481. The van der Waals surface area contributed by atoms with Crippen molar-refractivity contribution in [2.24, 2.45) is 0 Å². The molecule has 2 saturated heterocycles. The molecule has 122 valence electrons. The quantitative estimate of drug-likeness (QED) is 0.808. The Labute approximate surface area is 134 Å². The van der Waals surface area contributed by atoms with Crippen molar-refractivity contribution in [2.45, 2.75) is 50.8 Å². The van der Waals surface area contributed by atoms with Crippen molar-refractivity contribution in [1.82, 2.24) is 0 Å². The Morgan fingerprint density at radius 1 is 1.23 bits per heavy atom. The van der Waals surface area contributed by atoms with E-state index in [9.17, 15) is 0 Å². The Balaban J connectivity index is 1.66. The van der Waals surface area contributed by atoms with Gasteiger partial charge in [0.25, 0.3) is 0 Å². The van der Waals surface area contributed by atoms with Gasteiger partial charge >= 0.3 is 0 Å². The first-order chi connectivity index (χ1) is 10.6. The highest BCUT2D eigenvalue weighted by atomic mass is 32.2. The summed E-state index contributed by atoms with van der Waals surface area (Å²) in [5, 5.41) is 9.01. The van der Waals surface area contributed by atoms with Crippen LogP contribution in [0.2, 0.25) is 0 Å². The molecule has 3 unspecified atom stereocenters. The van der Waals surface area contributed by atoms with Crippen LogP contribution >= 0.6 is 11.8 Å². The minimum Gasteiger partial charge on any atom is -0.386 e. The first-order valence-electron chi connectivity index (χ1n) is 7.44. The summed E-state index contributed by atoms with van der Waals surface area (Å²) in [6, 6.07) is 10.0. The topological polar surface area (TPSA) is 57.2 Å². The number of rotatable bonds is 6. The van der Waals surface area contributed by atoms with E-state index in [4.69, 9.17) is 24.1 Å². The Kier molecular flexibility index (Phi) is 5.07. The summed E-state index contributed by atoms with van der Waals surface area (Å²) in [6.45, 7) is 4.25. The zero-order valence-corrected chi connectivity index (χ0v) is 13.6. The average Bonchev–Trinajstić information content (AvgIpc) is 2.95. The number of thioether (sulfide) groups is 1. The van der Waals surface area contributed by atoms with Crippen LogP contribution in [0.3, 0.4) is 0 Å². The van der Waals surface area contributed by atoms with Gasteiger partial charge in [0.2, 0.25) is 0 Å². The van der Waals surface area contributed by atoms with Crippen LogP contribution in [0.15, 0.2) is 30.3 Å². The number of aliphatic hydroxyl groups is 1. The molecule has 4 atom stereocenters. The number of hydrogen-bond acceptors (Lipinski definition) is 6. The largest absolute Gasteiger partial charge is 0.386 e. The van der Waals surface area contributed by atoms with Crippen LogP contribution in [-0.4, -0.2) is 47.2 Å². The Morgan fingerprint density at radius 2 is 2.00 bits per heavy atom. The van der Waals surface area contributed by atoms with Gasteiger partial charge in [-0.05, 0) is 19.4 Å². The summed E-state index contributed by atoms with van der Waals surface area (Å²) in [6.07, 6.45) is -0.985. The van der Waals surface area contributed by atoms with E-state index >= 15 is 0 Å². The molecule has 2 fully saturated rings. The molecule has 0 amide bonds. The molecule has 2 aliphatic heterocycles. The van der Waals surface area contributed by atoms with Gasteiger partial charge in [-0.3, -0.25) is 0 Å². The standard InChI is InChI=1S/C16H22O5S/c1-16(2)20-14-13(18-8-11-6-4-3-5-7-11)12(9-22-10-17)19-15(14)21-16/h3-7,12-15,17H,8-10H2,1-2H3/t12?,13-,14?,15?/m0/s1.